The summed E-state index contributed by atoms with van der Waals surface area (Å²) in [5.41, 5.74) is 13.0. The Balaban J connectivity index is 0.000000208. The van der Waals surface area contributed by atoms with E-state index in [4.69, 9.17) is 44.1 Å². The lowest BCUT2D eigenvalue weighted by Crippen LogP contribution is -2.61. The molecule has 2 saturated heterocycles. The number of hydrogen-bond acceptors (Lipinski definition) is 15. The van der Waals surface area contributed by atoms with Crippen molar-refractivity contribution in [2.75, 3.05) is 71.4 Å². The number of sulfonamides is 1. The van der Waals surface area contributed by atoms with Gasteiger partial charge >= 0.3 is 0 Å². The molecule has 4 heterocycles. The predicted octanol–water partition coefficient (Wildman–Crippen LogP) is 6.10. The average molecular weight is 1020 g/mol. The minimum Gasteiger partial charge on any atom is -0.496 e. The van der Waals surface area contributed by atoms with Crippen LogP contribution in [0.3, 0.4) is 0 Å². The molecule has 0 unspecified atom stereocenters. The Labute approximate surface area is 414 Å². The number of nitrogens with two attached hydrogens (primary N) is 2. The number of nitrogens with one attached hydrogen (secondary N) is 3. The van der Waals surface area contributed by atoms with Gasteiger partial charge in [-0.15, -0.1) is 0 Å². The maximum Gasteiger partial charge on any atom is 0.238 e. The quantitative estimate of drug-likeness (QED) is 0.0782. The van der Waals surface area contributed by atoms with E-state index in [1.807, 2.05) is 29.0 Å². The van der Waals surface area contributed by atoms with Crippen LogP contribution in [0.15, 0.2) is 73.3 Å². The number of rotatable bonds is 15. The Bertz CT molecular complexity index is 3030. The summed E-state index contributed by atoms with van der Waals surface area (Å²) < 4.78 is 65.5. The van der Waals surface area contributed by atoms with E-state index in [1.165, 1.54) is 36.2 Å². The molecule has 0 bridgehead atoms. The normalized spacial score (nSPS) is 15.9. The van der Waals surface area contributed by atoms with Crippen LogP contribution in [0.2, 0.25) is 10.0 Å². The third kappa shape index (κ3) is 10.8. The fourth-order valence-electron chi connectivity index (χ4n) is 9.01. The summed E-state index contributed by atoms with van der Waals surface area (Å²) in [4.78, 5) is 46.1. The average Bonchev–Trinajstić information content (AvgIpc) is 3.34. The molecular formula is C47H54Cl2F2N12O6S. The van der Waals surface area contributed by atoms with Crippen LogP contribution in [0.1, 0.15) is 36.8 Å². The molecule has 2 aliphatic heterocycles. The molecule has 8 rings (SSSR count). The van der Waals surface area contributed by atoms with E-state index < -0.39 is 38.6 Å². The molecular weight excluding hydrogens is 970 g/mol. The molecule has 70 heavy (non-hydrogen) atoms. The monoisotopic (exact) mass is 1020 g/mol. The van der Waals surface area contributed by atoms with Crippen molar-refractivity contribution in [3.8, 4) is 11.5 Å². The molecule has 2 fully saturated rings. The van der Waals surface area contributed by atoms with E-state index >= 15 is 0 Å². The van der Waals surface area contributed by atoms with E-state index in [0.717, 1.165) is 24.9 Å². The van der Waals surface area contributed by atoms with Crippen LogP contribution in [0.25, 0.3) is 21.8 Å². The summed E-state index contributed by atoms with van der Waals surface area (Å²) in [6.45, 7) is 2.50. The third-order valence-electron chi connectivity index (χ3n) is 13.1. The molecule has 2 aromatic heterocycles. The first-order chi connectivity index (χ1) is 33.3. The van der Waals surface area contributed by atoms with Gasteiger partial charge in [0.25, 0.3) is 0 Å². The Morgan fingerprint density at radius 1 is 0.729 bits per heavy atom. The van der Waals surface area contributed by atoms with Crippen LogP contribution in [0, 0.1) is 11.6 Å². The lowest BCUT2D eigenvalue weighted by atomic mass is 9.85. The molecule has 6 aromatic rings. The SMILES string of the molecule is COc1cc2ncnc(Nc3cccc(Cl)c3F)c2cc1CN(C)C1(C(N)=O)CCN(S(C)(=O)=O)CC1.COc1cc2ncnc(Nc3cccc(Cl)c3F)c2cc1CN(C)C1(C(N)=O)CCNCC1. The molecule has 0 atom stereocenters. The molecule has 0 radical (unpaired) electrons. The number of nitrogens with zero attached hydrogens (tertiary/aromatic N) is 7. The summed E-state index contributed by atoms with van der Waals surface area (Å²) in [6.07, 6.45) is 5.66. The Morgan fingerprint density at radius 2 is 1.14 bits per heavy atom. The number of piperidine rings is 2. The maximum atomic E-state index is 14.5. The fourth-order valence-corrected chi connectivity index (χ4v) is 10.2. The second kappa shape index (κ2) is 21.5. The Kier molecular flexibility index (Phi) is 15.9. The van der Waals surface area contributed by atoms with Gasteiger partial charge in [-0.25, -0.2) is 41.4 Å². The number of amides is 2. The molecule has 2 aliphatic rings. The topological polar surface area (TPSA) is 236 Å². The molecule has 18 nitrogen and oxygen atoms in total. The zero-order valence-electron chi connectivity index (χ0n) is 39.2. The van der Waals surface area contributed by atoms with Crippen LogP contribution in [-0.4, -0.2) is 126 Å². The molecule has 23 heteroatoms. The van der Waals surface area contributed by atoms with Crippen molar-refractivity contribution in [1.82, 2.24) is 39.4 Å². The molecule has 4 aromatic carbocycles. The summed E-state index contributed by atoms with van der Waals surface area (Å²) in [7, 11) is 3.40. The number of carbonyl (C=O) groups is 2. The van der Waals surface area contributed by atoms with Gasteiger partial charge in [0.15, 0.2) is 11.6 Å². The summed E-state index contributed by atoms with van der Waals surface area (Å²) in [5, 5.41) is 10.5. The van der Waals surface area contributed by atoms with Gasteiger partial charge in [-0.1, -0.05) is 35.3 Å². The zero-order chi connectivity index (χ0) is 50.5. The van der Waals surface area contributed by atoms with E-state index in [9.17, 15) is 26.8 Å². The number of benzene rings is 4. The highest BCUT2D eigenvalue weighted by Gasteiger charge is 2.45. The van der Waals surface area contributed by atoms with E-state index in [1.54, 1.807) is 50.6 Å². The van der Waals surface area contributed by atoms with Gasteiger partial charge < -0.3 is 36.9 Å². The van der Waals surface area contributed by atoms with E-state index in [-0.39, 0.29) is 59.8 Å². The minimum absolute atomic E-state index is 0.0149. The molecule has 2 amide bonds. The molecule has 372 valence electrons. The van der Waals surface area contributed by atoms with Gasteiger partial charge in [-0.05, 0) is 89.3 Å². The van der Waals surface area contributed by atoms with Gasteiger partial charge in [0.05, 0.1) is 52.9 Å². The number of likely N-dealkylation sites (N-methyl/N-ethyl adjacent to an activating group) is 2. The predicted molar refractivity (Wildman–Crippen MR) is 266 cm³/mol. The van der Waals surface area contributed by atoms with Gasteiger partial charge in [0.1, 0.15) is 46.9 Å². The van der Waals surface area contributed by atoms with E-state index in [2.05, 4.69) is 35.9 Å². The fraction of sp³-hybridized carbons (Fsp3) is 0.362. The van der Waals surface area contributed by atoms with Crippen molar-refractivity contribution in [1.29, 1.82) is 0 Å². The first-order valence-corrected chi connectivity index (χ1v) is 24.7. The van der Waals surface area contributed by atoms with Crippen LogP contribution in [0.4, 0.5) is 31.8 Å². The molecule has 0 aliphatic carbocycles. The van der Waals surface area contributed by atoms with Crippen molar-refractivity contribution >= 4 is 89.9 Å². The van der Waals surface area contributed by atoms with Crippen molar-refractivity contribution in [2.24, 2.45) is 11.5 Å². The van der Waals surface area contributed by atoms with Crippen molar-refractivity contribution < 1.29 is 36.3 Å². The lowest BCUT2D eigenvalue weighted by molar-refractivity contribution is -0.132. The lowest BCUT2D eigenvalue weighted by Gasteiger charge is -2.44. The van der Waals surface area contributed by atoms with Gasteiger partial charge in [-0.3, -0.25) is 19.4 Å². The number of anilines is 4. The van der Waals surface area contributed by atoms with Gasteiger partial charge in [0.2, 0.25) is 21.8 Å². The number of halogens is 4. The van der Waals surface area contributed by atoms with Crippen molar-refractivity contribution in [3.05, 3.63) is 106 Å². The summed E-state index contributed by atoms with van der Waals surface area (Å²) in [6, 6.07) is 16.6. The first kappa shape index (κ1) is 51.8. The van der Waals surface area contributed by atoms with Gasteiger partial charge in [0, 0.05) is 60.2 Å². The molecule has 0 saturated carbocycles. The largest absolute Gasteiger partial charge is 0.496 e. The van der Waals surface area contributed by atoms with Crippen molar-refractivity contribution in [2.45, 2.75) is 49.9 Å². The Morgan fingerprint density at radius 3 is 1.53 bits per heavy atom. The highest BCUT2D eigenvalue weighted by molar-refractivity contribution is 7.88. The second-order valence-electron chi connectivity index (χ2n) is 17.2. The number of methoxy groups -OCH3 is 2. The van der Waals surface area contributed by atoms with Gasteiger partial charge in [-0.2, -0.15) is 0 Å². The Hall–Kier alpha value is -6.07. The standard InChI is InChI=1S/C24H28ClFN6O4S.C23H26ClFN6O2/c1-31(24(23(27)33)7-9-32(10-8-24)37(3,34)35)13-15-11-16-19(12-20(15)36-2)28-14-29-22(16)30-18-6-4-5-17(25)21(18)26;1-31(23(22(26)32)6-8-27-9-7-23)12-14-10-15-18(11-19(14)33-2)28-13-29-21(15)30-17-5-3-4-16(24)20(17)25/h4-6,11-12,14H,7-10,13H2,1-3H3,(H2,27,33)(H,28,29,30);3-5,10-11,13,27H,6-9,12H2,1-2H3,(H2,26,32)(H,28,29,30). The highest BCUT2D eigenvalue weighted by Crippen LogP contribution is 2.37. The number of carbonyl (C=O) groups excluding carboxylic acids is 2. The molecule has 7 N–H and O–H groups in total. The van der Waals surface area contributed by atoms with Crippen LogP contribution < -0.4 is 36.9 Å². The second-order valence-corrected chi connectivity index (χ2v) is 20.0. The maximum absolute atomic E-state index is 14.5. The summed E-state index contributed by atoms with van der Waals surface area (Å²) in [5.74, 6) is -0.0732. The van der Waals surface area contributed by atoms with Crippen LogP contribution in [-0.2, 0) is 32.7 Å². The number of primary amides is 2. The minimum atomic E-state index is -3.37. The number of hydrogen-bond donors (Lipinski definition) is 5. The number of aromatic nitrogens is 4. The van der Waals surface area contributed by atoms with E-state index in [0.29, 0.717) is 69.9 Å². The van der Waals surface area contributed by atoms with Crippen LogP contribution >= 0.6 is 23.2 Å². The first-order valence-electron chi connectivity index (χ1n) is 22.1. The third-order valence-corrected chi connectivity index (χ3v) is 15.0. The number of ether oxygens (including phenoxy) is 2. The highest BCUT2D eigenvalue weighted by atomic mass is 35.5. The van der Waals surface area contributed by atoms with Crippen molar-refractivity contribution in [3.63, 3.8) is 0 Å². The number of fused-ring (bicyclic) bond motifs is 2. The zero-order valence-corrected chi connectivity index (χ0v) is 41.5. The molecule has 0 spiro atoms. The smallest absolute Gasteiger partial charge is 0.238 e. The van der Waals surface area contributed by atoms with Crippen LogP contribution in [0.5, 0.6) is 11.5 Å². The summed E-state index contributed by atoms with van der Waals surface area (Å²) >= 11 is 11.8.